The van der Waals surface area contributed by atoms with Gasteiger partial charge in [-0.3, -0.25) is 0 Å². The number of ether oxygens (including phenoxy) is 1. The Bertz CT molecular complexity index is 875. The van der Waals surface area contributed by atoms with E-state index in [0.29, 0.717) is 24.7 Å². The van der Waals surface area contributed by atoms with Gasteiger partial charge >= 0.3 is 0 Å². The van der Waals surface area contributed by atoms with Crippen LogP contribution in [0.1, 0.15) is 37.2 Å². The second kappa shape index (κ2) is 7.96. The van der Waals surface area contributed by atoms with Crippen LogP contribution in [-0.2, 0) is 24.5 Å². The zero-order valence-electron chi connectivity index (χ0n) is 14.8. The van der Waals surface area contributed by atoms with Crippen molar-refractivity contribution in [2.24, 2.45) is 5.92 Å². The summed E-state index contributed by atoms with van der Waals surface area (Å²) < 4.78 is 8.11. The van der Waals surface area contributed by atoms with Gasteiger partial charge in [0.25, 0.3) is 0 Å². The lowest BCUT2D eigenvalue weighted by molar-refractivity contribution is 0.0994. The van der Waals surface area contributed by atoms with Gasteiger partial charge in [-0.2, -0.15) is 5.26 Å². The predicted octanol–water partition coefficient (Wildman–Crippen LogP) is 4.67. The highest BCUT2D eigenvalue weighted by atomic mass is 16.5. The number of rotatable bonds is 7. The average molecular weight is 333 g/mol. The van der Waals surface area contributed by atoms with E-state index < -0.39 is 0 Å². The van der Waals surface area contributed by atoms with Crippen molar-refractivity contribution in [2.75, 3.05) is 0 Å². The monoisotopic (exact) mass is 333 g/mol. The lowest BCUT2D eigenvalue weighted by atomic mass is 10.1. The minimum atomic E-state index is 0.462. The van der Waals surface area contributed by atoms with E-state index >= 15 is 0 Å². The highest BCUT2D eigenvalue weighted by Crippen LogP contribution is 2.20. The molecule has 3 rings (SSSR count). The highest BCUT2D eigenvalue weighted by molar-refractivity contribution is 5.77. The number of imidazole rings is 1. The molecule has 0 N–H and O–H groups in total. The van der Waals surface area contributed by atoms with Crippen molar-refractivity contribution in [3.8, 4) is 6.07 Å². The van der Waals surface area contributed by atoms with E-state index in [4.69, 9.17) is 15.0 Å². The fourth-order valence-electron chi connectivity index (χ4n) is 2.83. The summed E-state index contributed by atoms with van der Waals surface area (Å²) in [6, 6.07) is 18.0. The zero-order valence-corrected chi connectivity index (χ0v) is 14.8. The summed E-state index contributed by atoms with van der Waals surface area (Å²) in [6.45, 7) is 6.38. The van der Waals surface area contributed by atoms with Crippen molar-refractivity contribution in [1.82, 2.24) is 9.55 Å². The number of hydrogen-bond acceptors (Lipinski definition) is 3. The van der Waals surface area contributed by atoms with Gasteiger partial charge in [0.2, 0.25) is 0 Å². The molecule has 0 radical (unpaired) electrons. The number of nitriles is 1. The average Bonchev–Trinajstić information content (AvgIpc) is 2.97. The maximum atomic E-state index is 9.11. The molecular formula is C21H23N3O. The summed E-state index contributed by atoms with van der Waals surface area (Å²) in [7, 11) is 0. The van der Waals surface area contributed by atoms with E-state index in [-0.39, 0.29) is 0 Å². The number of benzene rings is 2. The molecule has 0 aliphatic heterocycles. The van der Waals surface area contributed by atoms with Crippen LogP contribution in [0.25, 0.3) is 11.0 Å². The molecule has 0 fully saturated rings. The molecule has 4 heteroatoms. The molecule has 0 aliphatic carbocycles. The van der Waals surface area contributed by atoms with E-state index in [0.717, 1.165) is 35.4 Å². The lowest BCUT2D eigenvalue weighted by Gasteiger charge is -2.11. The van der Waals surface area contributed by atoms with E-state index in [1.54, 1.807) is 0 Å². The SMILES string of the molecule is CC(C)CCn1c(COCc2ccccc2)nc2cc(C#N)ccc21. The minimum Gasteiger partial charge on any atom is -0.369 e. The summed E-state index contributed by atoms with van der Waals surface area (Å²) >= 11 is 0. The first-order valence-electron chi connectivity index (χ1n) is 8.68. The smallest absolute Gasteiger partial charge is 0.136 e. The summed E-state index contributed by atoms with van der Waals surface area (Å²) in [5.41, 5.74) is 3.72. The number of hydrogen-bond donors (Lipinski definition) is 0. The molecule has 2 aromatic carbocycles. The molecule has 0 aliphatic rings. The Morgan fingerprint density at radius 3 is 2.64 bits per heavy atom. The molecule has 0 saturated heterocycles. The molecule has 25 heavy (non-hydrogen) atoms. The molecule has 4 nitrogen and oxygen atoms in total. The third kappa shape index (κ3) is 4.26. The number of aromatic nitrogens is 2. The topological polar surface area (TPSA) is 50.8 Å². The van der Waals surface area contributed by atoms with Crippen molar-refractivity contribution in [2.45, 2.75) is 40.0 Å². The van der Waals surface area contributed by atoms with Crippen molar-refractivity contribution >= 4 is 11.0 Å². The van der Waals surface area contributed by atoms with Crippen molar-refractivity contribution < 1.29 is 4.74 Å². The lowest BCUT2D eigenvalue weighted by Crippen LogP contribution is -2.08. The molecule has 1 heterocycles. The number of aryl methyl sites for hydroxylation is 1. The quantitative estimate of drug-likeness (QED) is 0.631. The van der Waals surface area contributed by atoms with Crippen LogP contribution in [0.15, 0.2) is 48.5 Å². The second-order valence-electron chi connectivity index (χ2n) is 6.66. The molecule has 128 valence electrons. The van der Waals surface area contributed by atoms with Gasteiger partial charge in [0.15, 0.2) is 0 Å². The van der Waals surface area contributed by atoms with Gasteiger partial charge in [0.05, 0.1) is 29.3 Å². The molecular weight excluding hydrogens is 310 g/mol. The third-order valence-corrected chi connectivity index (χ3v) is 4.23. The Morgan fingerprint density at radius 2 is 1.92 bits per heavy atom. The molecule has 1 aromatic heterocycles. The normalized spacial score (nSPS) is 11.1. The van der Waals surface area contributed by atoms with Gasteiger partial charge in [0, 0.05) is 6.54 Å². The first-order chi connectivity index (χ1) is 12.2. The molecule has 0 saturated carbocycles. The van der Waals surface area contributed by atoms with Crippen LogP contribution < -0.4 is 0 Å². The Kier molecular flexibility index (Phi) is 5.47. The van der Waals surface area contributed by atoms with Crippen LogP contribution in [0, 0.1) is 17.2 Å². The van der Waals surface area contributed by atoms with Crippen LogP contribution in [0.4, 0.5) is 0 Å². The first-order valence-corrected chi connectivity index (χ1v) is 8.68. The standard InChI is InChI=1S/C21H23N3O/c1-16(2)10-11-24-20-9-8-18(13-22)12-19(20)23-21(24)15-25-14-17-6-4-3-5-7-17/h3-9,12,16H,10-11,14-15H2,1-2H3. The maximum Gasteiger partial charge on any atom is 0.136 e. The summed E-state index contributed by atoms with van der Waals surface area (Å²) in [6.07, 6.45) is 1.08. The van der Waals surface area contributed by atoms with Crippen molar-refractivity contribution in [3.05, 3.63) is 65.5 Å². The van der Waals surface area contributed by atoms with E-state index in [9.17, 15) is 0 Å². The van der Waals surface area contributed by atoms with E-state index in [2.05, 4.69) is 36.6 Å². The van der Waals surface area contributed by atoms with E-state index in [1.807, 2.05) is 36.4 Å². The van der Waals surface area contributed by atoms with Gasteiger partial charge in [-0.25, -0.2) is 4.98 Å². The number of fused-ring (bicyclic) bond motifs is 1. The van der Waals surface area contributed by atoms with Crippen LogP contribution >= 0.6 is 0 Å². The van der Waals surface area contributed by atoms with Crippen LogP contribution in [-0.4, -0.2) is 9.55 Å². The van der Waals surface area contributed by atoms with Gasteiger partial charge < -0.3 is 9.30 Å². The fourth-order valence-corrected chi connectivity index (χ4v) is 2.83. The highest BCUT2D eigenvalue weighted by Gasteiger charge is 2.12. The first kappa shape index (κ1) is 17.2. The molecule has 0 atom stereocenters. The van der Waals surface area contributed by atoms with Crippen LogP contribution in [0.3, 0.4) is 0 Å². The van der Waals surface area contributed by atoms with Crippen LogP contribution in [0.2, 0.25) is 0 Å². The van der Waals surface area contributed by atoms with Gasteiger partial charge in [-0.05, 0) is 36.1 Å². The van der Waals surface area contributed by atoms with Crippen LogP contribution in [0.5, 0.6) is 0 Å². The Labute approximate surface area is 148 Å². The molecule has 0 amide bonds. The Hall–Kier alpha value is -2.64. The fraction of sp³-hybridized carbons (Fsp3) is 0.333. The molecule has 3 aromatic rings. The maximum absolute atomic E-state index is 9.11. The predicted molar refractivity (Wildman–Crippen MR) is 98.8 cm³/mol. The Morgan fingerprint density at radius 1 is 1.12 bits per heavy atom. The second-order valence-corrected chi connectivity index (χ2v) is 6.66. The zero-order chi connectivity index (χ0) is 17.6. The van der Waals surface area contributed by atoms with Crippen molar-refractivity contribution in [3.63, 3.8) is 0 Å². The number of nitrogens with zero attached hydrogens (tertiary/aromatic N) is 3. The Balaban J connectivity index is 1.81. The van der Waals surface area contributed by atoms with Gasteiger partial charge in [-0.1, -0.05) is 44.2 Å². The molecule has 0 bridgehead atoms. The molecule has 0 unspecified atom stereocenters. The minimum absolute atomic E-state index is 0.462. The summed E-state index contributed by atoms with van der Waals surface area (Å²) in [4.78, 5) is 4.72. The molecule has 0 spiro atoms. The van der Waals surface area contributed by atoms with E-state index in [1.165, 1.54) is 0 Å². The van der Waals surface area contributed by atoms with Crippen molar-refractivity contribution in [1.29, 1.82) is 5.26 Å². The summed E-state index contributed by atoms with van der Waals surface area (Å²) in [5, 5.41) is 9.11. The van der Waals surface area contributed by atoms with Gasteiger partial charge in [-0.15, -0.1) is 0 Å². The van der Waals surface area contributed by atoms with Gasteiger partial charge in [0.1, 0.15) is 12.4 Å². The third-order valence-electron chi connectivity index (χ3n) is 4.23. The summed E-state index contributed by atoms with van der Waals surface area (Å²) in [5.74, 6) is 1.54. The largest absolute Gasteiger partial charge is 0.369 e.